The van der Waals surface area contributed by atoms with Gasteiger partial charge in [-0.25, -0.2) is 4.98 Å². The Labute approximate surface area is 179 Å². The van der Waals surface area contributed by atoms with Crippen molar-refractivity contribution >= 4 is 29.1 Å². The predicted octanol–water partition coefficient (Wildman–Crippen LogP) is 5.51. The molecule has 3 rings (SSSR count). The molecule has 0 amide bonds. The van der Waals surface area contributed by atoms with Crippen molar-refractivity contribution in [3.05, 3.63) is 64.2 Å². The van der Waals surface area contributed by atoms with Crippen molar-refractivity contribution in [2.24, 2.45) is 5.73 Å². The van der Waals surface area contributed by atoms with E-state index in [0.29, 0.717) is 22.1 Å². The minimum atomic E-state index is -4.35. The number of rotatable bonds is 6. The van der Waals surface area contributed by atoms with Gasteiger partial charge in [-0.3, -0.25) is 5.41 Å². The number of nitrogens with one attached hydrogen (secondary N) is 2. The highest BCUT2D eigenvalue weighted by Crippen LogP contribution is 2.35. The zero-order valence-corrected chi connectivity index (χ0v) is 17.8. The van der Waals surface area contributed by atoms with Gasteiger partial charge in [0, 0.05) is 21.1 Å². The van der Waals surface area contributed by atoms with Crippen molar-refractivity contribution in [1.29, 1.82) is 5.41 Å². The molecule has 158 valence electrons. The molecule has 0 fully saturated rings. The van der Waals surface area contributed by atoms with Crippen molar-refractivity contribution in [2.75, 3.05) is 0 Å². The smallest absolute Gasteiger partial charge is 0.379 e. The van der Waals surface area contributed by atoms with Crippen molar-refractivity contribution in [1.82, 2.24) is 10.5 Å². The van der Waals surface area contributed by atoms with Crippen LogP contribution in [0.4, 0.5) is 13.2 Å². The van der Waals surface area contributed by atoms with Crippen molar-refractivity contribution in [3.63, 3.8) is 0 Å². The van der Waals surface area contributed by atoms with Crippen LogP contribution in [0.2, 0.25) is 0 Å². The number of aromatic nitrogens is 1. The summed E-state index contributed by atoms with van der Waals surface area (Å²) in [7, 11) is 0. The molecule has 0 aliphatic heterocycles. The topological polar surface area (TPSA) is 84.0 Å². The molecule has 3 aromatic rings. The van der Waals surface area contributed by atoms with Gasteiger partial charge < -0.3 is 10.6 Å². The van der Waals surface area contributed by atoms with Crippen molar-refractivity contribution in [2.45, 2.75) is 30.7 Å². The monoisotopic (exact) mass is 452 g/mol. The van der Waals surface area contributed by atoms with E-state index < -0.39 is 11.7 Å². The Morgan fingerprint density at radius 2 is 1.90 bits per heavy atom. The van der Waals surface area contributed by atoms with Crippen LogP contribution in [0.3, 0.4) is 0 Å². The highest BCUT2D eigenvalue weighted by molar-refractivity contribution is 7.98. The SMILES string of the molecule is Cc1cc(SCc2sc(-c3ccc(C(F)(F)F)cc3)nc2C)ccc1ONC(=N)N. The molecule has 0 spiro atoms. The van der Waals surface area contributed by atoms with E-state index in [9.17, 15) is 13.2 Å². The summed E-state index contributed by atoms with van der Waals surface area (Å²) in [4.78, 5) is 11.8. The van der Waals surface area contributed by atoms with Crippen LogP contribution < -0.4 is 16.1 Å². The third kappa shape index (κ3) is 5.45. The molecule has 5 nitrogen and oxygen atoms in total. The van der Waals surface area contributed by atoms with Gasteiger partial charge in [0.05, 0.1) is 11.3 Å². The average Bonchev–Trinajstić information content (AvgIpc) is 3.05. The first-order chi connectivity index (χ1) is 14.1. The lowest BCUT2D eigenvalue weighted by Crippen LogP contribution is -2.33. The summed E-state index contributed by atoms with van der Waals surface area (Å²) in [5.74, 6) is 0.987. The number of nitrogens with zero attached hydrogens (tertiary/aromatic N) is 1. The van der Waals surface area contributed by atoms with Gasteiger partial charge >= 0.3 is 6.18 Å². The number of benzene rings is 2. The summed E-state index contributed by atoms with van der Waals surface area (Å²) in [6.45, 7) is 3.79. The van der Waals surface area contributed by atoms with Gasteiger partial charge in [0.15, 0.2) is 5.75 Å². The van der Waals surface area contributed by atoms with Gasteiger partial charge in [0.25, 0.3) is 0 Å². The van der Waals surface area contributed by atoms with E-state index in [1.165, 1.54) is 23.5 Å². The quantitative estimate of drug-likeness (QED) is 0.199. The average molecular weight is 453 g/mol. The number of aryl methyl sites for hydroxylation is 2. The number of thioether (sulfide) groups is 1. The fraction of sp³-hybridized carbons (Fsp3) is 0.200. The van der Waals surface area contributed by atoms with Gasteiger partial charge in [-0.05, 0) is 49.7 Å². The van der Waals surface area contributed by atoms with Gasteiger partial charge in [0.1, 0.15) is 5.01 Å². The minimum Gasteiger partial charge on any atom is -0.379 e. The molecule has 0 aliphatic rings. The number of halogens is 3. The maximum Gasteiger partial charge on any atom is 0.416 e. The molecule has 4 N–H and O–H groups in total. The van der Waals surface area contributed by atoms with Crippen molar-refractivity contribution < 1.29 is 18.0 Å². The summed E-state index contributed by atoms with van der Waals surface area (Å²) >= 11 is 3.11. The second-order valence-electron chi connectivity index (χ2n) is 6.44. The third-order valence-corrected chi connectivity index (χ3v) is 6.55. The van der Waals surface area contributed by atoms with Crippen LogP contribution in [0, 0.1) is 19.3 Å². The zero-order valence-electron chi connectivity index (χ0n) is 16.1. The van der Waals surface area contributed by atoms with Crippen LogP contribution in [0.25, 0.3) is 10.6 Å². The van der Waals surface area contributed by atoms with Gasteiger partial charge in [0.2, 0.25) is 5.96 Å². The highest BCUT2D eigenvalue weighted by atomic mass is 32.2. The number of alkyl halides is 3. The molecule has 0 unspecified atom stereocenters. The summed E-state index contributed by atoms with van der Waals surface area (Å²) in [5.41, 5.74) is 9.26. The molecule has 0 saturated heterocycles. The van der Waals surface area contributed by atoms with E-state index in [4.69, 9.17) is 16.0 Å². The normalized spacial score (nSPS) is 11.4. The second kappa shape index (κ2) is 8.97. The van der Waals surface area contributed by atoms with Crippen LogP contribution in [0.15, 0.2) is 47.4 Å². The van der Waals surface area contributed by atoms with Crippen LogP contribution in [-0.4, -0.2) is 10.9 Å². The van der Waals surface area contributed by atoms with Gasteiger partial charge in [-0.15, -0.1) is 23.1 Å². The number of thiazole rings is 1. The molecule has 1 heterocycles. The van der Waals surface area contributed by atoms with Crippen LogP contribution in [0.5, 0.6) is 5.75 Å². The number of nitrogens with two attached hydrogens (primary N) is 1. The summed E-state index contributed by atoms with van der Waals surface area (Å²) in [6, 6.07) is 10.7. The summed E-state index contributed by atoms with van der Waals surface area (Å²) < 4.78 is 38.2. The second-order valence-corrected chi connectivity index (χ2v) is 8.57. The number of guanidine groups is 1. The lowest BCUT2D eigenvalue weighted by Gasteiger charge is -2.10. The van der Waals surface area contributed by atoms with E-state index >= 15 is 0 Å². The van der Waals surface area contributed by atoms with Crippen LogP contribution >= 0.6 is 23.1 Å². The van der Waals surface area contributed by atoms with E-state index in [0.717, 1.165) is 33.2 Å². The first-order valence-corrected chi connectivity index (χ1v) is 10.6. The molecular weight excluding hydrogens is 433 g/mol. The highest BCUT2D eigenvalue weighted by Gasteiger charge is 2.30. The number of hydroxylamine groups is 1. The predicted molar refractivity (Wildman–Crippen MR) is 114 cm³/mol. The maximum absolute atomic E-state index is 12.7. The Morgan fingerprint density at radius 3 is 2.50 bits per heavy atom. The Bertz CT molecular complexity index is 1050. The summed E-state index contributed by atoms with van der Waals surface area (Å²) in [6.07, 6.45) is -4.35. The number of hydrogen-bond acceptors (Lipinski definition) is 5. The van der Waals surface area contributed by atoms with E-state index in [1.807, 2.05) is 26.0 Å². The first kappa shape index (κ1) is 22.0. The molecule has 0 atom stereocenters. The largest absolute Gasteiger partial charge is 0.416 e. The fourth-order valence-corrected chi connectivity index (χ4v) is 4.78. The Morgan fingerprint density at radius 1 is 1.20 bits per heavy atom. The zero-order chi connectivity index (χ0) is 21.9. The first-order valence-electron chi connectivity index (χ1n) is 8.78. The van der Waals surface area contributed by atoms with E-state index in [-0.39, 0.29) is 5.96 Å². The molecular formula is C20H19F3N4OS2. The minimum absolute atomic E-state index is 0.280. The maximum atomic E-state index is 12.7. The molecule has 0 saturated carbocycles. The molecule has 10 heteroatoms. The molecule has 1 aromatic heterocycles. The van der Waals surface area contributed by atoms with E-state index in [1.54, 1.807) is 17.8 Å². The van der Waals surface area contributed by atoms with Crippen LogP contribution in [-0.2, 0) is 11.9 Å². The van der Waals surface area contributed by atoms with Gasteiger partial charge in [-0.1, -0.05) is 12.1 Å². The Balaban J connectivity index is 1.68. The van der Waals surface area contributed by atoms with E-state index in [2.05, 4.69) is 10.5 Å². The molecule has 0 bridgehead atoms. The lowest BCUT2D eigenvalue weighted by atomic mass is 10.1. The standard InChI is InChI=1S/C20H19F3N4OS2/c1-11-9-15(7-8-16(11)28-27-19(24)25)29-10-17-12(2)26-18(30-17)13-3-5-14(6-4-13)20(21,22)23/h3-9H,10H2,1-2H3,(H4,24,25,27). The Hall–Kier alpha value is -2.72. The summed E-state index contributed by atoms with van der Waals surface area (Å²) in [5, 5.41) is 7.82. The third-order valence-electron chi connectivity index (χ3n) is 4.14. The number of hydrogen-bond donors (Lipinski definition) is 3. The molecule has 2 aromatic carbocycles. The van der Waals surface area contributed by atoms with Gasteiger partial charge in [-0.2, -0.15) is 18.7 Å². The molecule has 0 aliphatic carbocycles. The molecule has 0 radical (unpaired) electrons. The molecule has 30 heavy (non-hydrogen) atoms. The fourth-order valence-electron chi connectivity index (χ4n) is 2.57. The van der Waals surface area contributed by atoms with Crippen LogP contribution in [0.1, 0.15) is 21.7 Å². The lowest BCUT2D eigenvalue weighted by molar-refractivity contribution is -0.137. The Kier molecular flexibility index (Phi) is 6.57. The van der Waals surface area contributed by atoms with Crippen molar-refractivity contribution in [3.8, 4) is 16.3 Å².